The number of aromatic nitrogens is 6. The first-order valence-corrected chi connectivity index (χ1v) is 8.64. The molecule has 9 heteroatoms. The minimum Gasteiger partial charge on any atom is -0.497 e. The molecule has 9 nitrogen and oxygen atoms in total. The maximum absolute atomic E-state index is 5.53. The molecule has 0 aliphatic heterocycles. The molecule has 0 aliphatic rings. The Hall–Kier alpha value is -4.19. The summed E-state index contributed by atoms with van der Waals surface area (Å²) >= 11 is 0. The minimum absolute atomic E-state index is 0.417. The predicted molar refractivity (Wildman–Crippen MR) is 108 cm³/mol. The molecule has 2 heterocycles. The van der Waals surface area contributed by atoms with E-state index in [1.807, 2.05) is 31.2 Å². The van der Waals surface area contributed by atoms with E-state index in [1.165, 1.54) is 0 Å². The number of fused-ring (bicyclic) bond motifs is 1. The van der Waals surface area contributed by atoms with Crippen molar-refractivity contribution in [3.63, 3.8) is 0 Å². The molecule has 4 rings (SSSR count). The average molecular weight is 387 g/mol. The lowest BCUT2D eigenvalue weighted by molar-refractivity contribution is 0.414. The van der Waals surface area contributed by atoms with Gasteiger partial charge >= 0.3 is 0 Å². The van der Waals surface area contributed by atoms with Crippen LogP contribution in [0.2, 0.25) is 0 Å². The summed E-state index contributed by atoms with van der Waals surface area (Å²) in [6.07, 6.45) is 7.24. The van der Waals surface area contributed by atoms with Gasteiger partial charge in [0, 0.05) is 35.5 Å². The summed E-state index contributed by atoms with van der Waals surface area (Å²) < 4.78 is 12.4. The van der Waals surface area contributed by atoms with Crippen molar-refractivity contribution < 1.29 is 9.47 Å². The standard InChI is InChI=1S/C20H17N7O2/c1-5-13-6-14-11-21-20(23-18(14)10-19(13)29-4)22-15-7-16(9-17(8-15)28-3)27-12(2)24-25-26-27/h1,6-11H,2-4H3,(H,21,22,23). The van der Waals surface area contributed by atoms with Crippen LogP contribution in [0.5, 0.6) is 11.5 Å². The van der Waals surface area contributed by atoms with Gasteiger partial charge in [0.15, 0.2) is 5.82 Å². The fraction of sp³-hybridized carbons (Fsp3) is 0.150. The van der Waals surface area contributed by atoms with E-state index in [-0.39, 0.29) is 0 Å². The highest BCUT2D eigenvalue weighted by Gasteiger charge is 2.10. The van der Waals surface area contributed by atoms with Crippen LogP contribution in [0.4, 0.5) is 11.6 Å². The number of benzene rings is 2. The van der Waals surface area contributed by atoms with Gasteiger partial charge < -0.3 is 14.8 Å². The zero-order chi connectivity index (χ0) is 20.4. The fourth-order valence-corrected chi connectivity index (χ4v) is 2.90. The van der Waals surface area contributed by atoms with E-state index in [0.717, 1.165) is 16.8 Å². The first-order valence-electron chi connectivity index (χ1n) is 8.64. The number of hydrogen-bond donors (Lipinski definition) is 1. The van der Waals surface area contributed by atoms with Crippen LogP contribution < -0.4 is 14.8 Å². The molecule has 0 atom stereocenters. The van der Waals surface area contributed by atoms with E-state index in [0.29, 0.717) is 34.4 Å². The van der Waals surface area contributed by atoms with E-state index >= 15 is 0 Å². The van der Waals surface area contributed by atoms with Gasteiger partial charge in [-0.15, -0.1) is 11.5 Å². The molecule has 4 aromatic rings. The summed E-state index contributed by atoms with van der Waals surface area (Å²) in [7, 11) is 3.17. The number of anilines is 2. The second-order valence-corrected chi connectivity index (χ2v) is 6.13. The Morgan fingerprint density at radius 2 is 1.97 bits per heavy atom. The molecule has 29 heavy (non-hydrogen) atoms. The van der Waals surface area contributed by atoms with Gasteiger partial charge in [-0.1, -0.05) is 5.92 Å². The fourth-order valence-electron chi connectivity index (χ4n) is 2.90. The maximum atomic E-state index is 5.53. The first kappa shape index (κ1) is 18.2. The summed E-state index contributed by atoms with van der Waals surface area (Å²) in [4.78, 5) is 8.94. The van der Waals surface area contributed by atoms with Crippen molar-refractivity contribution in [2.24, 2.45) is 0 Å². The van der Waals surface area contributed by atoms with Crippen molar-refractivity contribution in [1.29, 1.82) is 0 Å². The summed E-state index contributed by atoms with van der Waals surface area (Å²) in [5.74, 6) is 4.90. The molecule has 2 aromatic carbocycles. The number of aryl methyl sites for hydroxylation is 1. The molecule has 0 fully saturated rings. The molecule has 0 unspecified atom stereocenters. The molecule has 0 radical (unpaired) electrons. The largest absolute Gasteiger partial charge is 0.497 e. The van der Waals surface area contributed by atoms with Crippen molar-refractivity contribution in [3.8, 4) is 29.5 Å². The SMILES string of the molecule is C#Cc1cc2cnc(Nc3cc(OC)cc(-n4nnnc4C)c3)nc2cc1OC. The van der Waals surface area contributed by atoms with E-state index in [9.17, 15) is 0 Å². The van der Waals surface area contributed by atoms with Crippen LogP contribution in [0.3, 0.4) is 0 Å². The highest BCUT2D eigenvalue weighted by molar-refractivity contribution is 5.83. The van der Waals surface area contributed by atoms with Gasteiger partial charge in [-0.2, -0.15) is 4.68 Å². The van der Waals surface area contributed by atoms with E-state index in [2.05, 4.69) is 36.7 Å². The predicted octanol–water partition coefficient (Wildman–Crippen LogP) is 2.66. The number of methoxy groups -OCH3 is 2. The number of hydrogen-bond acceptors (Lipinski definition) is 8. The number of rotatable bonds is 5. The molecule has 144 valence electrons. The number of tetrazole rings is 1. The van der Waals surface area contributed by atoms with Gasteiger partial charge in [0.25, 0.3) is 0 Å². The van der Waals surface area contributed by atoms with Crippen molar-refractivity contribution >= 4 is 22.5 Å². The summed E-state index contributed by atoms with van der Waals surface area (Å²) in [5.41, 5.74) is 2.83. The van der Waals surface area contributed by atoms with E-state index < -0.39 is 0 Å². The Balaban J connectivity index is 1.72. The van der Waals surface area contributed by atoms with Crippen LogP contribution in [0, 0.1) is 19.3 Å². The van der Waals surface area contributed by atoms with Crippen LogP contribution in [0.1, 0.15) is 11.4 Å². The highest BCUT2D eigenvalue weighted by Crippen LogP contribution is 2.27. The zero-order valence-corrected chi connectivity index (χ0v) is 16.0. The van der Waals surface area contributed by atoms with Gasteiger partial charge in [-0.3, -0.25) is 0 Å². The summed E-state index contributed by atoms with van der Waals surface area (Å²) in [6.45, 7) is 1.82. The third-order valence-electron chi connectivity index (χ3n) is 4.31. The van der Waals surface area contributed by atoms with Gasteiger partial charge in [-0.05, 0) is 29.5 Å². The highest BCUT2D eigenvalue weighted by atomic mass is 16.5. The van der Waals surface area contributed by atoms with Crippen molar-refractivity contribution in [2.45, 2.75) is 6.92 Å². The van der Waals surface area contributed by atoms with Gasteiger partial charge in [-0.25, -0.2) is 9.97 Å². The quantitative estimate of drug-likeness (QED) is 0.522. The van der Waals surface area contributed by atoms with Crippen molar-refractivity contribution in [2.75, 3.05) is 19.5 Å². The monoisotopic (exact) mass is 387 g/mol. The molecule has 0 amide bonds. The van der Waals surface area contributed by atoms with Crippen LogP contribution in [0.15, 0.2) is 36.5 Å². The Morgan fingerprint density at radius 1 is 1.10 bits per heavy atom. The van der Waals surface area contributed by atoms with Crippen molar-refractivity contribution in [1.82, 2.24) is 30.2 Å². The van der Waals surface area contributed by atoms with Crippen LogP contribution in [-0.2, 0) is 0 Å². The second-order valence-electron chi connectivity index (χ2n) is 6.13. The molecule has 1 N–H and O–H groups in total. The summed E-state index contributed by atoms with van der Waals surface area (Å²) in [5, 5.41) is 15.6. The lowest BCUT2D eigenvalue weighted by Crippen LogP contribution is -2.03. The number of nitrogens with one attached hydrogen (secondary N) is 1. The number of terminal acetylenes is 1. The zero-order valence-electron chi connectivity index (χ0n) is 16.0. The Morgan fingerprint density at radius 3 is 2.66 bits per heavy atom. The molecular weight excluding hydrogens is 370 g/mol. The molecule has 0 bridgehead atoms. The Kier molecular flexibility index (Phi) is 4.66. The smallest absolute Gasteiger partial charge is 0.227 e. The maximum Gasteiger partial charge on any atom is 0.227 e. The van der Waals surface area contributed by atoms with Crippen LogP contribution in [0.25, 0.3) is 16.6 Å². The third-order valence-corrected chi connectivity index (χ3v) is 4.31. The molecule has 2 aromatic heterocycles. The molecule has 0 spiro atoms. The molecule has 0 saturated carbocycles. The van der Waals surface area contributed by atoms with Crippen LogP contribution >= 0.6 is 0 Å². The number of nitrogens with zero attached hydrogens (tertiary/aromatic N) is 6. The molecule has 0 aliphatic carbocycles. The Bertz CT molecular complexity index is 1240. The van der Waals surface area contributed by atoms with Gasteiger partial charge in [0.2, 0.25) is 5.95 Å². The first-order chi connectivity index (χ1) is 14.1. The average Bonchev–Trinajstić information content (AvgIpc) is 3.18. The second kappa shape index (κ2) is 7.44. The van der Waals surface area contributed by atoms with E-state index in [4.69, 9.17) is 15.9 Å². The number of ether oxygens (including phenoxy) is 2. The van der Waals surface area contributed by atoms with Crippen molar-refractivity contribution in [3.05, 3.63) is 47.9 Å². The lowest BCUT2D eigenvalue weighted by Gasteiger charge is -2.11. The normalized spacial score (nSPS) is 10.6. The Labute approximate surface area is 166 Å². The van der Waals surface area contributed by atoms with Gasteiger partial charge in [0.05, 0.1) is 31.0 Å². The third kappa shape index (κ3) is 3.51. The topological polar surface area (TPSA) is 99.9 Å². The summed E-state index contributed by atoms with van der Waals surface area (Å²) in [6, 6.07) is 9.16. The minimum atomic E-state index is 0.417. The molecular formula is C20H17N7O2. The molecule has 0 saturated heterocycles. The van der Waals surface area contributed by atoms with Crippen LogP contribution in [-0.4, -0.2) is 44.4 Å². The van der Waals surface area contributed by atoms with Gasteiger partial charge in [0.1, 0.15) is 11.5 Å². The van der Waals surface area contributed by atoms with E-state index in [1.54, 1.807) is 31.2 Å². The lowest BCUT2D eigenvalue weighted by atomic mass is 10.1.